The normalized spacial score (nSPS) is 16.7. The molecule has 0 fully saturated rings. The Balaban J connectivity index is 2.24. The third-order valence-electron chi connectivity index (χ3n) is 1.05. The molecule has 0 aromatic carbocycles. The van der Waals surface area contributed by atoms with Gasteiger partial charge in [0.1, 0.15) is 0 Å². The van der Waals surface area contributed by atoms with E-state index < -0.39 is 0 Å². The van der Waals surface area contributed by atoms with Crippen LogP contribution in [0.2, 0.25) is 0 Å². The molecule has 4 nitrogen and oxygen atoms in total. The highest BCUT2D eigenvalue weighted by Gasteiger charge is 2.19. The van der Waals surface area contributed by atoms with Gasteiger partial charge in [-0.2, -0.15) is 5.84 Å². The van der Waals surface area contributed by atoms with Crippen molar-refractivity contribution in [2.75, 3.05) is 6.54 Å². The van der Waals surface area contributed by atoms with Gasteiger partial charge in [0.05, 0.1) is 0 Å². The van der Waals surface area contributed by atoms with Gasteiger partial charge in [0, 0.05) is 6.54 Å². The van der Waals surface area contributed by atoms with Crippen molar-refractivity contribution in [2.45, 2.75) is 13.3 Å². The van der Waals surface area contributed by atoms with E-state index >= 15 is 0 Å². The van der Waals surface area contributed by atoms with Crippen LogP contribution in [0, 0.1) is 6.20 Å². The summed E-state index contributed by atoms with van der Waals surface area (Å²) in [6, 6.07) is 0. The third-order valence-corrected chi connectivity index (χ3v) is 1.05. The lowest BCUT2D eigenvalue weighted by atomic mass is 10.5. The highest BCUT2D eigenvalue weighted by molar-refractivity contribution is 4.75. The Labute approximate surface area is 54.8 Å². The standard InChI is InChI=1S/C5H11N4/c1-2-3-8-4-5-9(6)7-8/h4,7H,2-3,6H2,1H3/q+1. The van der Waals surface area contributed by atoms with Gasteiger partial charge in [-0.15, -0.1) is 0 Å². The molecule has 0 aromatic heterocycles. The molecule has 0 saturated carbocycles. The van der Waals surface area contributed by atoms with Crippen LogP contribution in [0.15, 0.2) is 6.20 Å². The number of hydrogen-bond donors (Lipinski definition) is 2. The molecular weight excluding hydrogens is 116 g/mol. The fraction of sp³-hybridized carbons (Fsp3) is 0.600. The quantitative estimate of drug-likeness (QED) is 0.390. The molecule has 0 aromatic rings. The molecule has 1 heterocycles. The molecule has 0 saturated heterocycles. The van der Waals surface area contributed by atoms with Crippen molar-refractivity contribution < 1.29 is 0 Å². The lowest BCUT2D eigenvalue weighted by molar-refractivity contribution is 0.134. The summed E-state index contributed by atoms with van der Waals surface area (Å²) in [7, 11) is 0. The summed E-state index contributed by atoms with van der Waals surface area (Å²) in [6.45, 7) is 3.06. The summed E-state index contributed by atoms with van der Waals surface area (Å²) in [4.78, 5) is 0. The first-order chi connectivity index (χ1) is 4.33. The number of hydrazine groups is 3. The molecule has 50 valence electrons. The summed E-state index contributed by atoms with van der Waals surface area (Å²) in [5.74, 6) is 5.29. The van der Waals surface area contributed by atoms with Crippen LogP contribution < -0.4 is 11.4 Å². The molecule has 0 aliphatic carbocycles. The highest BCUT2D eigenvalue weighted by Crippen LogP contribution is 1.94. The topological polar surface area (TPSA) is 44.5 Å². The molecule has 0 spiro atoms. The van der Waals surface area contributed by atoms with Gasteiger partial charge in [-0.25, -0.2) is 5.01 Å². The van der Waals surface area contributed by atoms with Crippen molar-refractivity contribution in [1.29, 1.82) is 0 Å². The van der Waals surface area contributed by atoms with Crippen molar-refractivity contribution in [3.8, 4) is 0 Å². The van der Waals surface area contributed by atoms with Gasteiger partial charge < -0.3 is 0 Å². The van der Waals surface area contributed by atoms with E-state index in [0.717, 1.165) is 13.0 Å². The second kappa shape index (κ2) is 2.64. The minimum Gasteiger partial charge on any atom is -0.245 e. The Morgan fingerprint density at radius 3 is 3.00 bits per heavy atom. The molecule has 9 heavy (non-hydrogen) atoms. The summed E-state index contributed by atoms with van der Waals surface area (Å²) in [6.07, 6.45) is 5.63. The Morgan fingerprint density at radius 2 is 2.56 bits per heavy atom. The third kappa shape index (κ3) is 1.54. The fourth-order valence-corrected chi connectivity index (χ4v) is 0.683. The molecule has 4 heteroatoms. The molecule has 0 radical (unpaired) electrons. The van der Waals surface area contributed by atoms with Gasteiger partial charge in [0.25, 0.3) is 6.20 Å². The number of nitrogens with zero attached hydrogens (tertiary/aromatic N) is 2. The maximum atomic E-state index is 5.29. The monoisotopic (exact) mass is 127 g/mol. The largest absolute Gasteiger partial charge is 0.426 e. The Kier molecular flexibility index (Phi) is 1.85. The minimum atomic E-state index is 0.959. The molecule has 1 rings (SSSR count). The maximum absolute atomic E-state index is 5.29. The van der Waals surface area contributed by atoms with E-state index in [4.69, 9.17) is 5.84 Å². The minimum absolute atomic E-state index is 0.959. The summed E-state index contributed by atoms with van der Waals surface area (Å²) < 4.78 is 0. The van der Waals surface area contributed by atoms with Crippen molar-refractivity contribution in [1.82, 2.24) is 15.7 Å². The van der Waals surface area contributed by atoms with Crippen LogP contribution in [0.3, 0.4) is 0 Å². The van der Waals surface area contributed by atoms with E-state index in [1.54, 1.807) is 6.20 Å². The molecule has 3 N–H and O–H groups in total. The lowest BCUT2D eigenvalue weighted by Crippen LogP contribution is -2.43. The van der Waals surface area contributed by atoms with Crippen LogP contribution >= 0.6 is 0 Å². The van der Waals surface area contributed by atoms with E-state index in [1.165, 1.54) is 5.12 Å². The fourth-order valence-electron chi connectivity index (χ4n) is 0.683. The number of rotatable bonds is 2. The van der Waals surface area contributed by atoms with Crippen LogP contribution in [0.4, 0.5) is 0 Å². The van der Waals surface area contributed by atoms with E-state index in [2.05, 4.69) is 18.7 Å². The second-order valence-electron chi connectivity index (χ2n) is 1.92. The van der Waals surface area contributed by atoms with Crippen LogP contribution in [0.25, 0.3) is 0 Å². The molecule has 0 unspecified atom stereocenters. The van der Waals surface area contributed by atoms with E-state index in [9.17, 15) is 0 Å². The Morgan fingerprint density at radius 1 is 1.78 bits per heavy atom. The van der Waals surface area contributed by atoms with Crippen LogP contribution in [0.5, 0.6) is 0 Å². The van der Waals surface area contributed by atoms with Gasteiger partial charge in [0.2, 0.25) is 0 Å². The van der Waals surface area contributed by atoms with Crippen LogP contribution in [-0.2, 0) is 0 Å². The average molecular weight is 127 g/mol. The second-order valence-corrected chi connectivity index (χ2v) is 1.92. The molecule has 0 bridgehead atoms. The van der Waals surface area contributed by atoms with Crippen molar-refractivity contribution in [2.24, 2.45) is 5.84 Å². The van der Waals surface area contributed by atoms with Crippen LogP contribution in [-0.4, -0.2) is 16.7 Å². The maximum Gasteiger partial charge on any atom is 0.426 e. The van der Waals surface area contributed by atoms with Crippen molar-refractivity contribution in [3.63, 3.8) is 0 Å². The van der Waals surface area contributed by atoms with Crippen LogP contribution in [0.1, 0.15) is 13.3 Å². The van der Waals surface area contributed by atoms with Crippen molar-refractivity contribution in [3.05, 3.63) is 12.4 Å². The van der Waals surface area contributed by atoms with Gasteiger partial charge in [-0.3, -0.25) is 0 Å². The highest BCUT2D eigenvalue weighted by atomic mass is 15.8. The number of hydrogen-bond acceptors (Lipinski definition) is 4. The molecular formula is C5H11N4+. The molecule has 1 aliphatic rings. The Bertz CT molecular complexity index is 112. The molecule has 0 atom stereocenters. The van der Waals surface area contributed by atoms with Gasteiger partial charge >= 0.3 is 6.20 Å². The molecule has 0 amide bonds. The smallest absolute Gasteiger partial charge is 0.245 e. The zero-order valence-electron chi connectivity index (χ0n) is 5.46. The van der Waals surface area contributed by atoms with E-state index in [0.29, 0.717) is 0 Å². The summed E-state index contributed by atoms with van der Waals surface area (Å²) in [5, 5.41) is 3.18. The first-order valence-corrected chi connectivity index (χ1v) is 3.00. The summed E-state index contributed by atoms with van der Waals surface area (Å²) in [5.41, 5.74) is 2.83. The van der Waals surface area contributed by atoms with Gasteiger partial charge in [0.15, 0.2) is 0 Å². The predicted molar refractivity (Wildman–Crippen MR) is 34.0 cm³/mol. The lowest BCUT2D eigenvalue weighted by Gasteiger charge is -2.09. The first kappa shape index (κ1) is 6.29. The summed E-state index contributed by atoms with van der Waals surface area (Å²) >= 11 is 0. The average Bonchev–Trinajstić information content (AvgIpc) is 2.17. The number of nitrogens with two attached hydrogens (primary N) is 1. The predicted octanol–water partition coefficient (Wildman–Crippen LogP) is -0.418. The Hall–Kier alpha value is -0.830. The van der Waals surface area contributed by atoms with Crippen molar-refractivity contribution >= 4 is 0 Å². The first-order valence-electron chi connectivity index (χ1n) is 3.00. The number of nitrogens with one attached hydrogen (secondary N) is 1. The van der Waals surface area contributed by atoms with Gasteiger partial charge in [-0.05, 0) is 11.5 Å². The van der Waals surface area contributed by atoms with E-state index in [-0.39, 0.29) is 0 Å². The van der Waals surface area contributed by atoms with E-state index in [1.807, 2.05) is 5.01 Å². The van der Waals surface area contributed by atoms with Gasteiger partial charge in [-0.1, -0.05) is 12.5 Å². The molecule has 1 aliphatic heterocycles. The SMILES string of the molecule is CCCN1C=[C+]N(N)N1. The zero-order chi connectivity index (χ0) is 6.69. The zero-order valence-corrected chi connectivity index (χ0v) is 5.46.